The molecule has 1 aromatic carbocycles. The molecule has 1 saturated heterocycles. The molecule has 1 aliphatic heterocycles. The number of halogens is 3. The molecule has 0 aliphatic carbocycles. The van der Waals surface area contributed by atoms with Crippen LogP contribution in [-0.2, 0) is 0 Å². The standard InChI is InChI=1S/C15H20Cl2N2OS.ClH/c1-18-8-10-4-3-5-19(9-10)15(20)11-6-14(21-2)13(17)7-12(11)16;/h6-7,10,18H,3-5,8-9H2,1-2H3;1H. The quantitative estimate of drug-likeness (QED) is 0.791. The van der Waals surface area contributed by atoms with Crippen molar-refractivity contribution in [3.8, 4) is 0 Å². The first-order valence-corrected chi connectivity index (χ1v) is 9.01. The smallest absolute Gasteiger partial charge is 0.255 e. The lowest BCUT2D eigenvalue weighted by molar-refractivity contribution is 0.0674. The minimum Gasteiger partial charge on any atom is -0.338 e. The number of hydrogen-bond donors (Lipinski definition) is 1. The van der Waals surface area contributed by atoms with Crippen molar-refractivity contribution in [2.75, 3.05) is 32.9 Å². The Morgan fingerprint density at radius 2 is 2.14 bits per heavy atom. The molecule has 7 heteroatoms. The molecule has 0 radical (unpaired) electrons. The second kappa shape index (κ2) is 9.24. The Labute approximate surface area is 152 Å². The summed E-state index contributed by atoms with van der Waals surface area (Å²) >= 11 is 13.9. The molecule has 3 nitrogen and oxygen atoms in total. The van der Waals surface area contributed by atoms with Gasteiger partial charge in [0.2, 0.25) is 0 Å². The summed E-state index contributed by atoms with van der Waals surface area (Å²) in [6.45, 7) is 2.52. The zero-order valence-corrected chi connectivity index (χ0v) is 15.8. The summed E-state index contributed by atoms with van der Waals surface area (Å²) in [5.41, 5.74) is 0.551. The largest absolute Gasteiger partial charge is 0.338 e. The van der Waals surface area contributed by atoms with E-state index in [2.05, 4.69) is 5.32 Å². The molecule has 1 aromatic rings. The Hall–Kier alpha value is -0.130. The van der Waals surface area contributed by atoms with Crippen molar-refractivity contribution in [2.24, 2.45) is 5.92 Å². The molecule has 0 spiro atoms. The number of nitrogens with zero attached hydrogens (tertiary/aromatic N) is 1. The number of benzene rings is 1. The van der Waals surface area contributed by atoms with E-state index in [0.29, 0.717) is 21.5 Å². The van der Waals surface area contributed by atoms with Gasteiger partial charge >= 0.3 is 0 Å². The van der Waals surface area contributed by atoms with Crippen LogP contribution in [0.3, 0.4) is 0 Å². The number of carbonyl (C=O) groups excluding carboxylic acids is 1. The van der Waals surface area contributed by atoms with Crippen LogP contribution in [-0.4, -0.2) is 43.7 Å². The lowest BCUT2D eigenvalue weighted by Gasteiger charge is -2.33. The number of carbonyl (C=O) groups is 1. The molecular formula is C15H21Cl3N2OS. The second-order valence-electron chi connectivity index (χ2n) is 5.28. The molecule has 22 heavy (non-hydrogen) atoms. The summed E-state index contributed by atoms with van der Waals surface area (Å²) in [5.74, 6) is 0.520. The predicted molar refractivity (Wildman–Crippen MR) is 98.0 cm³/mol. The van der Waals surface area contributed by atoms with Gasteiger partial charge in [-0.15, -0.1) is 24.2 Å². The van der Waals surface area contributed by atoms with Crippen LogP contribution in [0.2, 0.25) is 10.0 Å². The van der Waals surface area contributed by atoms with Gasteiger partial charge in [0.15, 0.2) is 0 Å². The average molecular weight is 384 g/mol. The van der Waals surface area contributed by atoms with E-state index in [0.717, 1.165) is 37.4 Å². The number of hydrogen-bond acceptors (Lipinski definition) is 3. The van der Waals surface area contributed by atoms with E-state index in [-0.39, 0.29) is 18.3 Å². The van der Waals surface area contributed by atoms with Crippen molar-refractivity contribution in [1.82, 2.24) is 10.2 Å². The van der Waals surface area contributed by atoms with Crippen molar-refractivity contribution < 1.29 is 4.79 Å². The number of thioether (sulfide) groups is 1. The highest BCUT2D eigenvalue weighted by molar-refractivity contribution is 7.98. The summed E-state index contributed by atoms with van der Waals surface area (Å²) in [4.78, 5) is 15.5. The van der Waals surface area contributed by atoms with Crippen LogP contribution < -0.4 is 5.32 Å². The number of amides is 1. The summed E-state index contributed by atoms with van der Waals surface area (Å²) < 4.78 is 0. The molecule has 0 aromatic heterocycles. The van der Waals surface area contributed by atoms with Crippen molar-refractivity contribution in [3.05, 3.63) is 27.7 Å². The zero-order valence-electron chi connectivity index (χ0n) is 12.7. The van der Waals surface area contributed by atoms with Gasteiger partial charge in [0.05, 0.1) is 15.6 Å². The van der Waals surface area contributed by atoms with Crippen molar-refractivity contribution in [1.29, 1.82) is 0 Å². The van der Waals surface area contributed by atoms with Gasteiger partial charge < -0.3 is 10.2 Å². The van der Waals surface area contributed by atoms with E-state index in [1.54, 1.807) is 12.1 Å². The Morgan fingerprint density at radius 3 is 2.77 bits per heavy atom. The maximum atomic E-state index is 12.7. The van der Waals surface area contributed by atoms with Crippen LogP contribution in [0, 0.1) is 5.92 Å². The van der Waals surface area contributed by atoms with Crippen LogP contribution in [0.1, 0.15) is 23.2 Å². The minimum absolute atomic E-state index is 0. The van der Waals surface area contributed by atoms with Gasteiger partial charge in [-0.2, -0.15) is 0 Å². The highest BCUT2D eigenvalue weighted by Gasteiger charge is 2.26. The molecule has 1 N–H and O–H groups in total. The minimum atomic E-state index is 0. The fourth-order valence-corrected chi connectivity index (χ4v) is 3.91. The molecule has 2 rings (SSSR count). The molecule has 124 valence electrons. The first-order valence-electron chi connectivity index (χ1n) is 7.03. The SMILES string of the molecule is CNCC1CCCN(C(=O)c2cc(SC)c(Cl)cc2Cl)C1.Cl. The topological polar surface area (TPSA) is 32.3 Å². The van der Waals surface area contributed by atoms with E-state index in [4.69, 9.17) is 23.2 Å². The van der Waals surface area contributed by atoms with E-state index in [1.807, 2.05) is 18.2 Å². The van der Waals surface area contributed by atoms with Gasteiger partial charge in [0.1, 0.15) is 0 Å². The van der Waals surface area contributed by atoms with Gasteiger partial charge in [0.25, 0.3) is 5.91 Å². The highest BCUT2D eigenvalue weighted by atomic mass is 35.5. The Kier molecular flexibility index (Phi) is 8.36. The predicted octanol–water partition coefficient (Wildman–Crippen LogP) is 4.21. The summed E-state index contributed by atoms with van der Waals surface area (Å²) in [6, 6.07) is 3.47. The molecule has 0 saturated carbocycles. The first-order chi connectivity index (χ1) is 10.1. The average Bonchev–Trinajstić information content (AvgIpc) is 2.47. The van der Waals surface area contributed by atoms with Gasteiger partial charge in [-0.3, -0.25) is 4.79 Å². The van der Waals surface area contributed by atoms with Crippen molar-refractivity contribution in [2.45, 2.75) is 17.7 Å². The summed E-state index contributed by atoms with van der Waals surface area (Å²) in [7, 11) is 1.95. The molecular weight excluding hydrogens is 363 g/mol. The fourth-order valence-electron chi connectivity index (χ4n) is 2.72. The van der Waals surface area contributed by atoms with Gasteiger partial charge in [0, 0.05) is 18.0 Å². The highest BCUT2D eigenvalue weighted by Crippen LogP contribution is 2.32. The molecule has 1 unspecified atom stereocenters. The molecule has 1 atom stereocenters. The van der Waals surface area contributed by atoms with E-state index >= 15 is 0 Å². The van der Waals surface area contributed by atoms with E-state index in [9.17, 15) is 4.79 Å². The molecule has 1 aliphatic rings. The van der Waals surface area contributed by atoms with Crippen molar-refractivity contribution in [3.63, 3.8) is 0 Å². The van der Waals surface area contributed by atoms with E-state index < -0.39 is 0 Å². The zero-order chi connectivity index (χ0) is 15.4. The third kappa shape index (κ3) is 4.68. The number of rotatable bonds is 4. The number of nitrogens with one attached hydrogen (secondary N) is 1. The maximum absolute atomic E-state index is 12.7. The van der Waals surface area contributed by atoms with Crippen LogP contribution in [0.5, 0.6) is 0 Å². The van der Waals surface area contributed by atoms with Gasteiger partial charge in [-0.05, 0) is 50.7 Å². The number of likely N-dealkylation sites (tertiary alicyclic amines) is 1. The molecule has 0 bridgehead atoms. The normalized spacial score (nSPS) is 18.0. The number of piperidine rings is 1. The van der Waals surface area contributed by atoms with Crippen LogP contribution in [0.15, 0.2) is 17.0 Å². The Bertz CT molecular complexity index is 526. The van der Waals surface area contributed by atoms with Crippen LogP contribution in [0.25, 0.3) is 0 Å². The summed E-state index contributed by atoms with van der Waals surface area (Å²) in [6.07, 6.45) is 4.14. The van der Waals surface area contributed by atoms with Crippen molar-refractivity contribution >= 4 is 53.3 Å². The maximum Gasteiger partial charge on any atom is 0.255 e. The molecule has 1 heterocycles. The first kappa shape index (κ1) is 19.9. The third-order valence-electron chi connectivity index (χ3n) is 3.77. The Balaban J connectivity index is 0.00000242. The van der Waals surface area contributed by atoms with Crippen LogP contribution in [0.4, 0.5) is 0 Å². The Morgan fingerprint density at radius 1 is 1.41 bits per heavy atom. The van der Waals surface area contributed by atoms with Gasteiger partial charge in [-0.25, -0.2) is 0 Å². The fraction of sp³-hybridized carbons (Fsp3) is 0.533. The lowest BCUT2D eigenvalue weighted by atomic mass is 9.97. The lowest BCUT2D eigenvalue weighted by Crippen LogP contribution is -2.42. The van der Waals surface area contributed by atoms with E-state index in [1.165, 1.54) is 11.8 Å². The van der Waals surface area contributed by atoms with Gasteiger partial charge in [-0.1, -0.05) is 23.2 Å². The monoisotopic (exact) mass is 382 g/mol. The summed E-state index contributed by atoms with van der Waals surface area (Å²) in [5, 5.41) is 4.21. The second-order valence-corrected chi connectivity index (χ2v) is 6.95. The molecule has 1 fully saturated rings. The third-order valence-corrected chi connectivity index (χ3v) is 5.29. The van der Waals surface area contributed by atoms with Crippen LogP contribution >= 0.6 is 47.4 Å². The molecule has 1 amide bonds.